The van der Waals surface area contributed by atoms with E-state index >= 15 is 0 Å². The maximum atomic E-state index is 12.8. The third kappa shape index (κ3) is 5.87. The minimum absolute atomic E-state index is 0.0321. The first kappa shape index (κ1) is 22.3. The SMILES string of the molecule is O=C(O)CC(CC1CCN(C(=O)CCc2ccc3c(n2)NCCC3)CC1)c1ccccc1. The summed E-state index contributed by atoms with van der Waals surface area (Å²) in [7, 11) is 0. The van der Waals surface area contributed by atoms with Gasteiger partial charge in [0.05, 0.1) is 6.42 Å². The molecule has 2 aromatic rings. The number of hydrogen-bond acceptors (Lipinski definition) is 4. The summed E-state index contributed by atoms with van der Waals surface area (Å²) in [6, 6.07) is 14.1. The van der Waals surface area contributed by atoms with Crippen LogP contribution in [0.3, 0.4) is 0 Å². The molecule has 1 atom stereocenters. The van der Waals surface area contributed by atoms with Crippen LogP contribution in [-0.2, 0) is 22.4 Å². The predicted octanol–water partition coefficient (Wildman–Crippen LogP) is 4.26. The number of benzene rings is 1. The van der Waals surface area contributed by atoms with Gasteiger partial charge in [-0.25, -0.2) is 4.98 Å². The van der Waals surface area contributed by atoms with Crippen LogP contribution >= 0.6 is 0 Å². The number of likely N-dealkylation sites (tertiary alicyclic amines) is 1. The zero-order valence-corrected chi connectivity index (χ0v) is 18.6. The molecule has 6 heteroatoms. The Morgan fingerprint density at radius 2 is 1.91 bits per heavy atom. The fraction of sp³-hybridized carbons (Fsp3) is 0.500. The molecule has 2 aliphatic rings. The summed E-state index contributed by atoms with van der Waals surface area (Å²) in [5, 5.41) is 12.7. The number of rotatable bonds is 8. The number of piperidine rings is 1. The Bertz CT molecular complexity index is 923. The van der Waals surface area contributed by atoms with Crippen molar-refractivity contribution in [2.75, 3.05) is 25.0 Å². The van der Waals surface area contributed by atoms with Gasteiger partial charge in [0, 0.05) is 31.7 Å². The second-order valence-electron chi connectivity index (χ2n) is 9.11. The average Bonchev–Trinajstić information content (AvgIpc) is 2.83. The van der Waals surface area contributed by atoms with Crippen molar-refractivity contribution in [2.24, 2.45) is 5.92 Å². The zero-order chi connectivity index (χ0) is 22.3. The molecule has 3 heterocycles. The first-order valence-corrected chi connectivity index (χ1v) is 11.9. The summed E-state index contributed by atoms with van der Waals surface area (Å²) in [4.78, 5) is 30.8. The van der Waals surface area contributed by atoms with Crippen molar-refractivity contribution in [1.82, 2.24) is 9.88 Å². The number of pyridine rings is 1. The van der Waals surface area contributed by atoms with Gasteiger partial charge < -0.3 is 15.3 Å². The lowest BCUT2D eigenvalue weighted by atomic mass is 9.82. The highest BCUT2D eigenvalue weighted by Gasteiger charge is 2.26. The molecule has 0 saturated carbocycles. The summed E-state index contributed by atoms with van der Waals surface area (Å²) in [5.41, 5.74) is 3.34. The highest BCUT2D eigenvalue weighted by molar-refractivity contribution is 5.76. The molecule has 1 fully saturated rings. The molecular formula is C26H33N3O3. The molecule has 0 radical (unpaired) electrons. The van der Waals surface area contributed by atoms with E-state index in [0.29, 0.717) is 18.8 Å². The third-order valence-corrected chi connectivity index (χ3v) is 6.82. The predicted molar refractivity (Wildman–Crippen MR) is 125 cm³/mol. The normalized spacial score (nSPS) is 17.3. The molecule has 2 aliphatic heterocycles. The lowest BCUT2D eigenvalue weighted by Gasteiger charge is -2.33. The summed E-state index contributed by atoms with van der Waals surface area (Å²) < 4.78 is 0. The highest BCUT2D eigenvalue weighted by Crippen LogP contribution is 2.32. The van der Waals surface area contributed by atoms with Gasteiger partial charge in [-0.1, -0.05) is 36.4 Å². The van der Waals surface area contributed by atoms with Crippen LogP contribution in [-0.4, -0.2) is 46.5 Å². The number of aryl methyl sites for hydroxylation is 2. The van der Waals surface area contributed by atoms with Crippen molar-refractivity contribution in [2.45, 2.75) is 57.3 Å². The number of fused-ring (bicyclic) bond motifs is 1. The van der Waals surface area contributed by atoms with Gasteiger partial charge in [0.25, 0.3) is 0 Å². The average molecular weight is 436 g/mol. The minimum atomic E-state index is -0.752. The second kappa shape index (κ2) is 10.6. The quantitative estimate of drug-likeness (QED) is 0.647. The Hall–Kier alpha value is -2.89. The van der Waals surface area contributed by atoms with E-state index < -0.39 is 5.97 Å². The van der Waals surface area contributed by atoms with E-state index in [2.05, 4.69) is 17.4 Å². The molecule has 170 valence electrons. The molecule has 1 unspecified atom stereocenters. The van der Waals surface area contributed by atoms with Crippen LogP contribution in [0.4, 0.5) is 5.82 Å². The van der Waals surface area contributed by atoms with Gasteiger partial charge in [0.2, 0.25) is 5.91 Å². The van der Waals surface area contributed by atoms with Gasteiger partial charge in [-0.3, -0.25) is 9.59 Å². The number of amides is 1. The highest BCUT2D eigenvalue weighted by atomic mass is 16.4. The van der Waals surface area contributed by atoms with E-state index in [1.54, 1.807) is 0 Å². The van der Waals surface area contributed by atoms with Crippen molar-refractivity contribution in [3.8, 4) is 0 Å². The van der Waals surface area contributed by atoms with Gasteiger partial charge in [0.1, 0.15) is 5.82 Å². The van der Waals surface area contributed by atoms with E-state index in [4.69, 9.17) is 4.98 Å². The lowest BCUT2D eigenvalue weighted by molar-refractivity contribution is -0.137. The summed E-state index contributed by atoms with van der Waals surface area (Å²) in [5.74, 6) is 0.913. The number of nitrogens with zero attached hydrogens (tertiary/aromatic N) is 2. The molecule has 6 nitrogen and oxygen atoms in total. The molecule has 0 spiro atoms. The number of aliphatic carboxylic acids is 1. The molecule has 1 saturated heterocycles. The number of carboxylic acids is 1. The Morgan fingerprint density at radius 1 is 1.12 bits per heavy atom. The van der Waals surface area contributed by atoms with E-state index in [-0.39, 0.29) is 18.2 Å². The standard InChI is InChI=1S/C26H33N3O3/c30-24(11-10-23-9-8-21-7-4-14-27-26(21)28-23)29-15-12-19(13-16-29)17-22(18-25(31)32)20-5-2-1-3-6-20/h1-3,5-6,8-9,19,22H,4,7,10-18H2,(H,27,28)(H,31,32). The van der Waals surface area contributed by atoms with Gasteiger partial charge in [-0.2, -0.15) is 0 Å². The number of anilines is 1. The van der Waals surface area contributed by atoms with Crippen molar-refractivity contribution in [3.05, 3.63) is 59.3 Å². The fourth-order valence-corrected chi connectivity index (χ4v) is 4.99. The van der Waals surface area contributed by atoms with Crippen molar-refractivity contribution in [3.63, 3.8) is 0 Å². The van der Waals surface area contributed by atoms with Gasteiger partial charge in [-0.15, -0.1) is 0 Å². The van der Waals surface area contributed by atoms with Crippen LogP contribution in [0.5, 0.6) is 0 Å². The number of aromatic nitrogens is 1. The minimum Gasteiger partial charge on any atom is -0.481 e. The van der Waals surface area contributed by atoms with Crippen LogP contribution in [0.25, 0.3) is 0 Å². The first-order chi connectivity index (χ1) is 15.6. The molecular weight excluding hydrogens is 402 g/mol. The number of carboxylic acid groups (broad SMARTS) is 1. The lowest BCUT2D eigenvalue weighted by Crippen LogP contribution is -2.39. The number of nitrogens with one attached hydrogen (secondary N) is 1. The Balaban J connectivity index is 1.25. The molecule has 1 amide bonds. The monoisotopic (exact) mass is 435 g/mol. The first-order valence-electron chi connectivity index (χ1n) is 11.9. The Morgan fingerprint density at radius 3 is 2.66 bits per heavy atom. The molecule has 2 N–H and O–H groups in total. The smallest absolute Gasteiger partial charge is 0.303 e. The largest absolute Gasteiger partial charge is 0.481 e. The number of hydrogen-bond donors (Lipinski definition) is 2. The molecule has 1 aromatic carbocycles. The van der Waals surface area contributed by atoms with Crippen molar-refractivity contribution in [1.29, 1.82) is 0 Å². The molecule has 0 bridgehead atoms. The van der Waals surface area contributed by atoms with Crippen LogP contribution in [0, 0.1) is 5.92 Å². The fourth-order valence-electron chi connectivity index (χ4n) is 4.99. The molecule has 0 aliphatic carbocycles. The number of carbonyl (C=O) groups is 2. The maximum absolute atomic E-state index is 12.8. The van der Waals surface area contributed by atoms with E-state index in [9.17, 15) is 14.7 Å². The van der Waals surface area contributed by atoms with Gasteiger partial charge in [0.15, 0.2) is 0 Å². The van der Waals surface area contributed by atoms with Crippen molar-refractivity contribution < 1.29 is 14.7 Å². The van der Waals surface area contributed by atoms with Crippen LogP contribution in [0.1, 0.15) is 61.3 Å². The van der Waals surface area contributed by atoms with Crippen molar-refractivity contribution >= 4 is 17.7 Å². The van der Waals surface area contributed by atoms with Gasteiger partial charge in [-0.05, 0) is 67.6 Å². The second-order valence-corrected chi connectivity index (χ2v) is 9.11. The van der Waals surface area contributed by atoms with Gasteiger partial charge >= 0.3 is 5.97 Å². The van der Waals surface area contributed by atoms with E-state index in [1.165, 1.54) is 5.56 Å². The topological polar surface area (TPSA) is 82.5 Å². The van der Waals surface area contributed by atoms with Crippen LogP contribution in [0.2, 0.25) is 0 Å². The maximum Gasteiger partial charge on any atom is 0.303 e. The van der Waals surface area contributed by atoms with E-state index in [1.807, 2.05) is 35.2 Å². The third-order valence-electron chi connectivity index (χ3n) is 6.82. The summed E-state index contributed by atoms with van der Waals surface area (Å²) in [6.07, 6.45) is 6.28. The summed E-state index contributed by atoms with van der Waals surface area (Å²) >= 11 is 0. The zero-order valence-electron chi connectivity index (χ0n) is 18.6. The Labute approximate surface area is 190 Å². The van der Waals surface area contributed by atoms with Crippen LogP contribution < -0.4 is 5.32 Å². The van der Waals surface area contributed by atoms with E-state index in [0.717, 1.165) is 68.8 Å². The molecule has 32 heavy (non-hydrogen) atoms. The molecule has 1 aromatic heterocycles. The van der Waals surface area contributed by atoms with Crippen LogP contribution in [0.15, 0.2) is 42.5 Å². The summed E-state index contributed by atoms with van der Waals surface area (Å²) in [6.45, 7) is 2.49. The number of carbonyl (C=O) groups excluding carboxylic acids is 1. The molecule has 4 rings (SSSR count). The Kier molecular flexibility index (Phi) is 7.40.